The molecule has 0 saturated carbocycles. The Bertz CT molecular complexity index is 571. The van der Waals surface area contributed by atoms with Gasteiger partial charge in [-0.15, -0.1) is 0 Å². The zero-order valence-corrected chi connectivity index (χ0v) is 15.0. The summed E-state index contributed by atoms with van der Waals surface area (Å²) in [6, 6.07) is 8.09. The van der Waals surface area contributed by atoms with E-state index in [1.807, 2.05) is 17.0 Å². The highest BCUT2D eigenvalue weighted by Gasteiger charge is 2.23. The minimum Gasteiger partial charge on any atom is -0.497 e. The van der Waals surface area contributed by atoms with E-state index in [1.165, 1.54) is 5.56 Å². The molecule has 0 bridgehead atoms. The zero-order valence-electron chi connectivity index (χ0n) is 15.0. The van der Waals surface area contributed by atoms with Crippen molar-refractivity contribution in [2.75, 3.05) is 53.0 Å². The van der Waals surface area contributed by atoms with Crippen LogP contribution >= 0.6 is 0 Å². The van der Waals surface area contributed by atoms with Crippen LogP contribution in [0.3, 0.4) is 0 Å². The van der Waals surface area contributed by atoms with Gasteiger partial charge < -0.3 is 14.4 Å². The van der Waals surface area contributed by atoms with Crippen LogP contribution in [-0.2, 0) is 9.53 Å². The summed E-state index contributed by atoms with van der Waals surface area (Å²) in [4.78, 5) is 16.6. The predicted molar refractivity (Wildman–Crippen MR) is 98.6 cm³/mol. The summed E-state index contributed by atoms with van der Waals surface area (Å²) in [5.74, 6) is 1.69. The van der Waals surface area contributed by atoms with Gasteiger partial charge in [0.1, 0.15) is 5.75 Å². The largest absolute Gasteiger partial charge is 0.497 e. The van der Waals surface area contributed by atoms with Crippen molar-refractivity contribution < 1.29 is 14.3 Å². The van der Waals surface area contributed by atoms with Crippen LogP contribution in [-0.4, -0.2) is 68.8 Å². The Hall–Kier alpha value is -1.85. The van der Waals surface area contributed by atoms with Gasteiger partial charge in [0.25, 0.3) is 0 Å². The molecule has 2 saturated heterocycles. The first-order valence-corrected chi connectivity index (χ1v) is 9.15. The molecular weight excluding hydrogens is 316 g/mol. The summed E-state index contributed by atoms with van der Waals surface area (Å²) in [7, 11) is 1.68. The van der Waals surface area contributed by atoms with E-state index in [-0.39, 0.29) is 5.91 Å². The van der Waals surface area contributed by atoms with Crippen molar-refractivity contribution in [2.24, 2.45) is 5.92 Å². The lowest BCUT2D eigenvalue weighted by atomic mass is 9.95. The first-order chi connectivity index (χ1) is 12.2. The molecule has 0 atom stereocenters. The van der Waals surface area contributed by atoms with E-state index in [2.05, 4.69) is 29.2 Å². The van der Waals surface area contributed by atoms with Crippen LogP contribution in [0.5, 0.6) is 5.75 Å². The van der Waals surface area contributed by atoms with Gasteiger partial charge in [0.15, 0.2) is 0 Å². The van der Waals surface area contributed by atoms with Crippen LogP contribution in [0.1, 0.15) is 18.4 Å². The second kappa shape index (κ2) is 9.02. The number of methoxy groups -OCH3 is 1. The summed E-state index contributed by atoms with van der Waals surface area (Å²) in [5, 5.41) is 0. The lowest BCUT2D eigenvalue weighted by Gasteiger charge is -2.33. The molecule has 1 aromatic rings. The second-order valence-corrected chi connectivity index (χ2v) is 6.74. The molecule has 0 N–H and O–H groups in total. The predicted octanol–water partition coefficient (Wildman–Crippen LogP) is 2.28. The normalized spacial score (nSPS) is 20.1. The third-order valence-corrected chi connectivity index (χ3v) is 5.03. The molecule has 2 aliphatic heterocycles. The molecular formula is C20H28N2O3. The van der Waals surface area contributed by atoms with E-state index >= 15 is 0 Å². The number of amides is 1. The second-order valence-electron chi connectivity index (χ2n) is 6.74. The van der Waals surface area contributed by atoms with Gasteiger partial charge in [-0.05, 0) is 36.5 Å². The van der Waals surface area contributed by atoms with Crippen LogP contribution in [0.15, 0.2) is 30.3 Å². The minimum atomic E-state index is 0.263. The Labute approximate surface area is 150 Å². The van der Waals surface area contributed by atoms with E-state index < -0.39 is 0 Å². The van der Waals surface area contributed by atoms with E-state index in [4.69, 9.17) is 9.47 Å². The van der Waals surface area contributed by atoms with Gasteiger partial charge in [0.05, 0.1) is 26.9 Å². The SMILES string of the molecule is COc1ccc(C=CC2CCN(C(=O)CN3CCOCC3)CC2)cc1. The summed E-state index contributed by atoms with van der Waals surface area (Å²) in [6.07, 6.45) is 6.55. The number of piperidine rings is 1. The summed E-state index contributed by atoms with van der Waals surface area (Å²) in [5.41, 5.74) is 1.19. The summed E-state index contributed by atoms with van der Waals surface area (Å²) >= 11 is 0. The molecule has 25 heavy (non-hydrogen) atoms. The average Bonchev–Trinajstić information content (AvgIpc) is 2.68. The highest BCUT2D eigenvalue weighted by molar-refractivity contribution is 5.78. The number of allylic oxidation sites excluding steroid dienone is 1. The van der Waals surface area contributed by atoms with Crippen LogP contribution in [0, 0.1) is 5.92 Å². The van der Waals surface area contributed by atoms with E-state index in [0.29, 0.717) is 12.5 Å². The van der Waals surface area contributed by atoms with Crippen LogP contribution < -0.4 is 4.74 Å². The van der Waals surface area contributed by atoms with E-state index in [1.54, 1.807) is 7.11 Å². The Morgan fingerprint density at radius 3 is 2.48 bits per heavy atom. The number of nitrogens with zero attached hydrogens (tertiary/aromatic N) is 2. The zero-order chi connectivity index (χ0) is 17.5. The smallest absolute Gasteiger partial charge is 0.236 e. The van der Waals surface area contributed by atoms with E-state index in [9.17, 15) is 4.79 Å². The lowest BCUT2D eigenvalue weighted by Crippen LogP contribution is -2.46. The molecule has 1 amide bonds. The van der Waals surface area contributed by atoms with Crippen LogP contribution in [0.2, 0.25) is 0 Å². The topological polar surface area (TPSA) is 42.0 Å². The van der Waals surface area contributed by atoms with Gasteiger partial charge in [-0.3, -0.25) is 9.69 Å². The van der Waals surface area contributed by atoms with Crippen molar-refractivity contribution in [3.05, 3.63) is 35.9 Å². The first kappa shape index (κ1) is 18.0. The fourth-order valence-corrected chi connectivity index (χ4v) is 3.35. The molecule has 2 heterocycles. The molecule has 1 aromatic carbocycles. The number of carbonyl (C=O) groups is 1. The fourth-order valence-electron chi connectivity index (χ4n) is 3.35. The highest BCUT2D eigenvalue weighted by atomic mass is 16.5. The van der Waals surface area contributed by atoms with Gasteiger partial charge in [-0.2, -0.15) is 0 Å². The molecule has 136 valence electrons. The Morgan fingerprint density at radius 1 is 1.16 bits per heavy atom. The van der Waals surface area contributed by atoms with Gasteiger partial charge in [0, 0.05) is 26.2 Å². The van der Waals surface area contributed by atoms with Gasteiger partial charge in [0.2, 0.25) is 5.91 Å². The molecule has 2 aliphatic rings. The van der Waals surface area contributed by atoms with Gasteiger partial charge in [-0.1, -0.05) is 24.3 Å². The maximum Gasteiger partial charge on any atom is 0.236 e. The number of morpholine rings is 1. The lowest BCUT2D eigenvalue weighted by molar-refractivity contribution is -0.134. The molecule has 0 aromatic heterocycles. The van der Waals surface area contributed by atoms with Crippen molar-refractivity contribution in [1.82, 2.24) is 9.80 Å². The fraction of sp³-hybridized carbons (Fsp3) is 0.550. The number of carbonyl (C=O) groups excluding carboxylic acids is 1. The van der Waals surface area contributed by atoms with Crippen molar-refractivity contribution in [3.63, 3.8) is 0 Å². The number of rotatable bonds is 5. The Kier molecular flexibility index (Phi) is 6.48. The van der Waals surface area contributed by atoms with Crippen molar-refractivity contribution in [3.8, 4) is 5.75 Å². The maximum absolute atomic E-state index is 12.4. The van der Waals surface area contributed by atoms with Crippen LogP contribution in [0.25, 0.3) is 6.08 Å². The standard InChI is InChI=1S/C20H28N2O3/c1-24-19-6-4-17(5-7-19)2-3-18-8-10-22(11-9-18)20(23)16-21-12-14-25-15-13-21/h2-7,18H,8-16H2,1H3. The maximum atomic E-state index is 12.4. The molecule has 3 rings (SSSR count). The number of hydrogen-bond donors (Lipinski definition) is 0. The minimum absolute atomic E-state index is 0.263. The van der Waals surface area contributed by atoms with Crippen molar-refractivity contribution in [1.29, 1.82) is 0 Å². The third-order valence-electron chi connectivity index (χ3n) is 5.03. The quantitative estimate of drug-likeness (QED) is 0.822. The first-order valence-electron chi connectivity index (χ1n) is 9.15. The molecule has 0 radical (unpaired) electrons. The third kappa shape index (κ3) is 5.31. The molecule has 2 fully saturated rings. The molecule has 0 aliphatic carbocycles. The van der Waals surface area contributed by atoms with Crippen LogP contribution in [0.4, 0.5) is 0 Å². The van der Waals surface area contributed by atoms with Crippen molar-refractivity contribution in [2.45, 2.75) is 12.8 Å². The molecule has 0 unspecified atom stereocenters. The Morgan fingerprint density at radius 2 is 1.84 bits per heavy atom. The van der Waals surface area contributed by atoms with Crippen molar-refractivity contribution >= 4 is 12.0 Å². The number of likely N-dealkylation sites (tertiary alicyclic amines) is 1. The molecule has 0 spiro atoms. The highest BCUT2D eigenvalue weighted by Crippen LogP contribution is 2.21. The number of ether oxygens (including phenoxy) is 2. The summed E-state index contributed by atoms with van der Waals surface area (Å²) < 4.78 is 10.5. The number of benzene rings is 1. The summed E-state index contributed by atoms with van der Waals surface area (Å²) in [6.45, 7) is 5.48. The van der Waals surface area contributed by atoms with E-state index in [0.717, 1.165) is 58.0 Å². The van der Waals surface area contributed by atoms with Gasteiger partial charge >= 0.3 is 0 Å². The average molecular weight is 344 g/mol. The number of hydrogen-bond acceptors (Lipinski definition) is 4. The molecule has 5 nitrogen and oxygen atoms in total. The monoisotopic (exact) mass is 344 g/mol. The molecule has 5 heteroatoms. The van der Waals surface area contributed by atoms with Gasteiger partial charge in [-0.25, -0.2) is 0 Å². The Balaban J connectivity index is 1.43.